The van der Waals surface area contributed by atoms with Gasteiger partial charge in [-0.15, -0.1) is 11.3 Å². The first-order chi connectivity index (χ1) is 30.2. The number of fused-ring (bicyclic) bond motifs is 6. The van der Waals surface area contributed by atoms with E-state index in [2.05, 4.69) is 212 Å². The van der Waals surface area contributed by atoms with Crippen molar-refractivity contribution in [2.75, 3.05) is 0 Å². The van der Waals surface area contributed by atoms with Gasteiger partial charge >= 0.3 is 0 Å². The van der Waals surface area contributed by atoms with E-state index in [0.717, 1.165) is 60.5 Å². The summed E-state index contributed by atoms with van der Waals surface area (Å²) in [6, 6.07) is 75.8. The van der Waals surface area contributed by atoms with Crippen molar-refractivity contribution < 1.29 is 0 Å². The zero-order valence-electron chi connectivity index (χ0n) is 33.0. The van der Waals surface area contributed by atoms with Gasteiger partial charge in [0.25, 0.3) is 0 Å². The summed E-state index contributed by atoms with van der Waals surface area (Å²) in [7, 11) is 0. The highest BCUT2D eigenvalue weighted by atomic mass is 32.1. The normalized spacial score (nSPS) is 11.6. The number of aromatic nitrogens is 3. The summed E-state index contributed by atoms with van der Waals surface area (Å²) in [6.45, 7) is 0. The molecule has 0 bridgehead atoms. The molecule has 0 amide bonds. The largest absolute Gasteiger partial charge is 0.208 e. The van der Waals surface area contributed by atoms with Crippen LogP contribution in [-0.2, 0) is 0 Å². The molecule has 10 aromatic carbocycles. The van der Waals surface area contributed by atoms with Gasteiger partial charge in [0, 0.05) is 36.9 Å². The molecule has 0 fully saturated rings. The van der Waals surface area contributed by atoms with Gasteiger partial charge in [0.05, 0.1) is 0 Å². The van der Waals surface area contributed by atoms with Crippen LogP contribution in [0.25, 0.3) is 120 Å². The highest BCUT2D eigenvalue weighted by Gasteiger charge is 2.21. The van der Waals surface area contributed by atoms with Gasteiger partial charge in [-0.2, -0.15) is 0 Å². The molecule has 4 heteroatoms. The van der Waals surface area contributed by atoms with Crippen molar-refractivity contribution in [1.82, 2.24) is 15.0 Å². The molecule has 3 nitrogen and oxygen atoms in total. The van der Waals surface area contributed by atoms with Crippen LogP contribution in [0, 0.1) is 0 Å². The van der Waals surface area contributed by atoms with Crippen LogP contribution < -0.4 is 0 Å². The van der Waals surface area contributed by atoms with Crippen LogP contribution in [0.15, 0.2) is 212 Å². The SMILES string of the molecule is c1ccc(-c2ccc3ccccc3c2-c2nc(-c3cccc4ccc(-c5cc(-c6ccccc6)c6ccccc6c5)cc34)nc(-c3cccc4c3sc3ccccc34)n2)cc1. The molecule has 12 aromatic rings. The molecule has 0 unspecified atom stereocenters. The molecule has 0 aliphatic rings. The fraction of sp³-hybridized carbons (Fsp3) is 0. The molecular formula is C57H35N3S. The van der Waals surface area contributed by atoms with Gasteiger partial charge < -0.3 is 0 Å². The van der Waals surface area contributed by atoms with Crippen molar-refractivity contribution >= 4 is 63.8 Å². The average molecular weight is 794 g/mol. The van der Waals surface area contributed by atoms with Crippen LogP contribution in [0.3, 0.4) is 0 Å². The predicted molar refractivity (Wildman–Crippen MR) is 258 cm³/mol. The standard InChI is InChI=1S/C57H35N3S/c1-3-15-36(16-4-1)45-32-31-38-19-7-10-23-44(38)53(45)57-59-55(58-56(60-57)49-27-14-25-47-46-24-11-12-28-52(46)61-54(47)49)48-26-13-21-39-29-30-40(34-51(39)48)42-33-41-20-8-9-22-43(41)50(35-42)37-17-5-2-6-18-37/h1-35H. The highest BCUT2D eigenvalue weighted by Crippen LogP contribution is 2.43. The molecule has 0 spiro atoms. The molecule has 61 heavy (non-hydrogen) atoms. The fourth-order valence-corrected chi connectivity index (χ4v) is 10.2. The van der Waals surface area contributed by atoms with E-state index in [0.29, 0.717) is 17.5 Å². The maximum Gasteiger partial charge on any atom is 0.165 e. The molecule has 12 rings (SSSR count). The lowest BCUT2D eigenvalue weighted by Gasteiger charge is -2.16. The lowest BCUT2D eigenvalue weighted by atomic mass is 9.91. The molecule has 2 aromatic heterocycles. The monoisotopic (exact) mass is 793 g/mol. The highest BCUT2D eigenvalue weighted by molar-refractivity contribution is 7.26. The average Bonchev–Trinajstić information content (AvgIpc) is 3.72. The Morgan fingerprint density at radius 1 is 0.279 bits per heavy atom. The summed E-state index contributed by atoms with van der Waals surface area (Å²) >= 11 is 1.79. The molecule has 2 heterocycles. The second-order valence-corrected chi connectivity index (χ2v) is 16.6. The van der Waals surface area contributed by atoms with Gasteiger partial charge in [-0.05, 0) is 96.0 Å². The molecule has 0 atom stereocenters. The Labute approximate surface area is 356 Å². The second kappa shape index (κ2) is 14.5. The molecule has 0 radical (unpaired) electrons. The van der Waals surface area contributed by atoms with Crippen LogP contribution in [0.4, 0.5) is 0 Å². The molecule has 0 saturated carbocycles. The Morgan fingerprint density at radius 3 is 1.67 bits per heavy atom. The number of hydrogen-bond donors (Lipinski definition) is 0. The number of hydrogen-bond acceptors (Lipinski definition) is 4. The molecule has 0 saturated heterocycles. The Bertz CT molecular complexity index is 3650. The van der Waals surface area contributed by atoms with Crippen molar-refractivity contribution in [2.45, 2.75) is 0 Å². The maximum atomic E-state index is 5.49. The van der Waals surface area contributed by atoms with Gasteiger partial charge in [-0.3, -0.25) is 0 Å². The Kier molecular flexibility index (Phi) is 8.36. The van der Waals surface area contributed by atoms with Crippen molar-refractivity contribution in [3.05, 3.63) is 212 Å². The Hall–Kier alpha value is -7.79. The minimum Gasteiger partial charge on any atom is -0.208 e. The zero-order chi connectivity index (χ0) is 40.3. The van der Waals surface area contributed by atoms with Crippen molar-refractivity contribution in [3.8, 4) is 67.5 Å². The van der Waals surface area contributed by atoms with Crippen molar-refractivity contribution in [3.63, 3.8) is 0 Å². The van der Waals surface area contributed by atoms with Crippen LogP contribution >= 0.6 is 11.3 Å². The van der Waals surface area contributed by atoms with Gasteiger partial charge in [-0.25, -0.2) is 15.0 Å². The van der Waals surface area contributed by atoms with E-state index in [1.165, 1.54) is 42.1 Å². The number of thiophene rings is 1. The van der Waals surface area contributed by atoms with Crippen LogP contribution in [0.5, 0.6) is 0 Å². The van der Waals surface area contributed by atoms with Crippen molar-refractivity contribution in [1.29, 1.82) is 0 Å². The van der Waals surface area contributed by atoms with E-state index in [1.807, 2.05) is 0 Å². The third kappa shape index (κ3) is 6.07. The first-order valence-electron chi connectivity index (χ1n) is 20.6. The number of benzene rings is 10. The van der Waals surface area contributed by atoms with E-state index in [1.54, 1.807) is 11.3 Å². The number of rotatable bonds is 6. The molecule has 0 aliphatic heterocycles. The third-order valence-electron chi connectivity index (χ3n) is 11.9. The van der Waals surface area contributed by atoms with E-state index < -0.39 is 0 Å². The van der Waals surface area contributed by atoms with E-state index >= 15 is 0 Å². The summed E-state index contributed by atoms with van der Waals surface area (Å²) in [5.41, 5.74) is 9.83. The minimum atomic E-state index is 0.635. The molecule has 0 N–H and O–H groups in total. The third-order valence-corrected chi connectivity index (χ3v) is 13.1. The topological polar surface area (TPSA) is 38.7 Å². The summed E-state index contributed by atoms with van der Waals surface area (Å²) in [5.74, 6) is 1.93. The predicted octanol–water partition coefficient (Wildman–Crippen LogP) is 15.7. The van der Waals surface area contributed by atoms with Gasteiger partial charge in [-0.1, -0.05) is 182 Å². The first-order valence-corrected chi connectivity index (χ1v) is 21.4. The Morgan fingerprint density at radius 2 is 0.852 bits per heavy atom. The van der Waals surface area contributed by atoms with E-state index in [9.17, 15) is 0 Å². The summed E-state index contributed by atoms with van der Waals surface area (Å²) in [6.07, 6.45) is 0. The van der Waals surface area contributed by atoms with Gasteiger partial charge in [0.15, 0.2) is 17.5 Å². The van der Waals surface area contributed by atoms with E-state index in [-0.39, 0.29) is 0 Å². The summed E-state index contributed by atoms with van der Waals surface area (Å²) < 4.78 is 2.41. The lowest BCUT2D eigenvalue weighted by molar-refractivity contribution is 1.08. The van der Waals surface area contributed by atoms with Gasteiger partial charge in [0.2, 0.25) is 0 Å². The smallest absolute Gasteiger partial charge is 0.165 e. The molecular weight excluding hydrogens is 759 g/mol. The quantitative estimate of drug-likeness (QED) is 0.168. The summed E-state index contributed by atoms with van der Waals surface area (Å²) in [5, 5.41) is 9.32. The zero-order valence-corrected chi connectivity index (χ0v) is 33.8. The van der Waals surface area contributed by atoms with Crippen LogP contribution in [0.1, 0.15) is 0 Å². The second-order valence-electron chi connectivity index (χ2n) is 15.5. The van der Waals surface area contributed by atoms with E-state index in [4.69, 9.17) is 15.0 Å². The fourth-order valence-electron chi connectivity index (χ4n) is 9.00. The van der Waals surface area contributed by atoms with Gasteiger partial charge in [0.1, 0.15) is 0 Å². The van der Waals surface area contributed by atoms with Crippen molar-refractivity contribution in [2.24, 2.45) is 0 Å². The first kappa shape index (κ1) is 35.2. The maximum absolute atomic E-state index is 5.49. The minimum absolute atomic E-state index is 0.635. The van der Waals surface area contributed by atoms with Crippen LogP contribution in [0.2, 0.25) is 0 Å². The molecule has 284 valence electrons. The molecule has 0 aliphatic carbocycles. The number of nitrogens with zero attached hydrogens (tertiary/aromatic N) is 3. The lowest BCUT2D eigenvalue weighted by Crippen LogP contribution is -2.02. The van der Waals surface area contributed by atoms with Crippen LogP contribution in [-0.4, -0.2) is 15.0 Å². The summed E-state index contributed by atoms with van der Waals surface area (Å²) in [4.78, 5) is 16.4. The Balaban J connectivity index is 1.12.